The summed E-state index contributed by atoms with van der Waals surface area (Å²) in [5.74, 6) is -0.122. The molecule has 94 valence electrons. The van der Waals surface area contributed by atoms with Gasteiger partial charge in [0.05, 0.1) is 26.2 Å². The number of anilines is 1. The number of Topliss-reactive ketones (excluding diaryl/α,β-unsaturated/α-hetero) is 1. The lowest BCUT2D eigenvalue weighted by molar-refractivity contribution is -0.115. The maximum Gasteiger partial charge on any atom is 0.228 e. The maximum absolute atomic E-state index is 12.2. The number of amides is 1. The Labute approximate surface area is 104 Å². The van der Waals surface area contributed by atoms with Crippen molar-refractivity contribution in [3.05, 3.63) is 29.3 Å². The summed E-state index contributed by atoms with van der Waals surface area (Å²) in [6, 6.07) is 5.23. The zero-order chi connectivity index (χ0) is 12.5. The van der Waals surface area contributed by atoms with E-state index in [2.05, 4.69) is 5.32 Å². The molecule has 2 aliphatic heterocycles. The standard InChI is InChI=1S/C13H13NO4/c15-12-6-9-5-8(1-2-10(9)14-12)13(16)11-7-17-3-4-18-11/h1-2,5,11H,3-4,6-7H2,(H,14,15). The molecule has 1 N–H and O–H groups in total. The molecule has 18 heavy (non-hydrogen) atoms. The molecular weight excluding hydrogens is 234 g/mol. The Morgan fingerprint density at radius 3 is 3.00 bits per heavy atom. The van der Waals surface area contributed by atoms with E-state index >= 15 is 0 Å². The van der Waals surface area contributed by atoms with Gasteiger partial charge in [0.1, 0.15) is 6.10 Å². The Kier molecular flexibility index (Phi) is 2.85. The van der Waals surface area contributed by atoms with Crippen LogP contribution in [0.1, 0.15) is 15.9 Å². The number of rotatable bonds is 2. The molecular formula is C13H13NO4. The number of carbonyl (C=O) groups excluding carboxylic acids is 2. The summed E-state index contributed by atoms with van der Waals surface area (Å²) in [7, 11) is 0. The van der Waals surface area contributed by atoms with Crippen LogP contribution < -0.4 is 5.32 Å². The first-order valence-corrected chi connectivity index (χ1v) is 5.90. The van der Waals surface area contributed by atoms with Crippen molar-refractivity contribution in [2.45, 2.75) is 12.5 Å². The maximum atomic E-state index is 12.2. The summed E-state index contributed by atoms with van der Waals surface area (Å²) < 4.78 is 10.6. The first-order chi connectivity index (χ1) is 8.74. The van der Waals surface area contributed by atoms with Gasteiger partial charge in [0.15, 0.2) is 5.78 Å². The van der Waals surface area contributed by atoms with Crippen LogP contribution in [0.4, 0.5) is 5.69 Å². The zero-order valence-electron chi connectivity index (χ0n) is 9.77. The van der Waals surface area contributed by atoms with Crippen LogP contribution >= 0.6 is 0 Å². The average Bonchev–Trinajstić information content (AvgIpc) is 2.78. The van der Waals surface area contributed by atoms with E-state index in [1.807, 2.05) is 0 Å². The lowest BCUT2D eigenvalue weighted by atomic mass is 10.0. The van der Waals surface area contributed by atoms with Crippen LogP contribution in [-0.4, -0.2) is 37.6 Å². The lowest BCUT2D eigenvalue weighted by Crippen LogP contribution is -2.35. The minimum Gasteiger partial charge on any atom is -0.376 e. The third-order valence-corrected chi connectivity index (χ3v) is 3.12. The van der Waals surface area contributed by atoms with Crippen molar-refractivity contribution in [3.8, 4) is 0 Å². The number of fused-ring (bicyclic) bond motifs is 1. The van der Waals surface area contributed by atoms with Crippen LogP contribution in [0.3, 0.4) is 0 Å². The van der Waals surface area contributed by atoms with Crippen LogP contribution in [0.25, 0.3) is 0 Å². The molecule has 0 aromatic heterocycles. The van der Waals surface area contributed by atoms with Crippen LogP contribution in [0.5, 0.6) is 0 Å². The van der Waals surface area contributed by atoms with Gasteiger partial charge in [-0.2, -0.15) is 0 Å². The average molecular weight is 247 g/mol. The van der Waals surface area contributed by atoms with E-state index in [4.69, 9.17) is 9.47 Å². The third kappa shape index (κ3) is 2.02. The van der Waals surface area contributed by atoms with Gasteiger partial charge in [-0.3, -0.25) is 9.59 Å². The molecule has 0 spiro atoms. The Bertz CT molecular complexity index is 506. The highest BCUT2D eigenvalue weighted by Gasteiger charge is 2.26. The molecule has 1 fully saturated rings. The molecule has 0 aliphatic carbocycles. The van der Waals surface area contributed by atoms with Gasteiger partial charge in [0, 0.05) is 11.3 Å². The highest BCUT2D eigenvalue weighted by atomic mass is 16.6. The van der Waals surface area contributed by atoms with E-state index in [0.29, 0.717) is 31.8 Å². The van der Waals surface area contributed by atoms with Crippen molar-refractivity contribution in [1.29, 1.82) is 0 Å². The second-order valence-electron chi connectivity index (χ2n) is 4.40. The van der Waals surface area contributed by atoms with E-state index in [1.165, 1.54) is 0 Å². The number of benzene rings is 1. The molecule has 0 bridgehead atoms. The monoisotopic (exact) mass is 247 g/mol. The molecule has 5 nitrogen and oxygen atoms in total. The first kappa shape index (κ1) is 11.4. The molecule has 1 aromatic rings. The molecule has 1 saturated heterocycles. The molecule has 1 aromatic carbocycles. The summed E-state index contributed by atoms with van der Waals surface area (Å²) in [4.78, 5) is 23.4. The van der Waals surface area contributed by atoms with E-state index < -0.39 is 6.10 Å². The van der Waals surface area contributed by atoms with Crippen molar-refractivity contribution in [2.75, 3.05) is 25.1 Å². The number of hydrogen-bond donors (Lipinski definition) is 1. The van der Waals surface area contributed by atoms with Crippen molar-refractivity contribution >= 4 is 17.4 Å². The Morgan fingerprint density at radius 1 is 1.33 bits per heavy atom. The molecule has 3 rings (SSSR count). The van der Waals surface area contributed by atoms with Gasteiger partial charge in [0.2, 0.25) is 5.91 Å². The summed E-state index contributed by atoms with van der Waals surface area (Å²) in [5, 5.41) is 2.74. The van der Waals surface area contributed by atoms with Gasteiger partial charge >= 0.3 is 0 Å². The van der Waals surface area contributed by atoms with Crippen molar-refractivity contribution in [2.24, 2.45) is 0 Å². The fraction of sp³-hybridized carbons (Fsp3) is 0.385. The number of carbonyl (C=O) groups is 2. The zero-order valence-corrected chi connectivity index (χ0v) is 9.77. The van der Waals surface area contributed by atoms with Crippen LogP contribution in [0.15, 0.2) is 18.2 Å². The largest absolute Gasteiger partial charge is 0.376 e. The topological polar surface area (TPSA) is 64.6 Å². The first-order valence-electron chi connectivity index (χ1n) is 5.90. The summed E-state index contributed by atoms with van der Waals surface area (Å²) in [5.41, 5.74) is 2.22. The number of ketones is 1. The Hall–Kier alpha value is -1.72. The molecule has 1 amide bonds. The second kappa shape index (κ2) is 4.51. The van der Waals surface area contributed by atoms with E-state index in [0.717, 1.165) is 11.3 Å². The van der Waals surface area contributed by atoms with Crippen LogP contribution in [0.2, 0.25) is 0 Å². The Balaban J connectivity index is 1.82. The fourth-order valence-electron chi connectivity index (χ4n) is 2.21. The van der Waals surface area contributed by atoms with Gasteiger partial charge < -0.3 is 14.8 Å². The fourth-order valence-corrected chi connectivity index (χ4v) is 2.21. The number of hydrogen-bond acceptors (Lipinski definition) is 4. The highest BCUT2D eigenvalue weighted by Crippen LogP contribution is 2.24. The third-order valence-electron chi connectivity index (χ3n) is 3.12. The second-order valence-corrected chi connectivity index (χ2v) is 4.40. The molecule has 1 atom stereocenters. The lowest BCUT2D eigenvalue weighted by Gasteiger charge is -2.21. The summed E-state index contributed by atoms with van der Waals surface area (Å²) in [6.07, 6.45) is -0.194. The van der Waals surface area contributed by atoms with Gasteiger partial charge in [-0.1, -0.05) is 0 Å². The van der Waals surface area contributed by atoms with Gasteiger partial charge in [-0.15, -0.1) is 0 Å². The minimum absolute atomic E-state index is 0.0353. The van der Waals surface area contributed by atoms with Crippen LogP contribution in [-0.2, 0) is 20.7 Å². The molecule has 5 heteroatoms. The van der Waals surface area contributed by atoms with E-state index in [9.17, 15) is 9.59 Å². The summed E-state index contributed by atoms with van der Waals surface area (Å²) in [6.45, 7) is 1.28. The molecule has 2 aliphatic rings. The van der Waals surface area contributed by atoms with E-state index in [-0.39, 0.29) is 11.7 Å². The quantitative estimate of drug-likeness (QED) is 0.784. The minimum atomic E-state index is -0.526. The summed E-state index contributed by atoms with van der Waals surface area (Å²) >= 11 is 0. The van der Waals surface area contributed by atoms with Crippen LogP contribution in [0, 0.1) is 0 Å². The predicted octanol–water partition coefficient (Wildman–Crippen LogP) is 0.779. The van der Waals surface area contributed by atoms with Gasteiger partial charge in [-0.05, 0) is 23.8 Å². The normalized spacial score (nSPS) is 22.4. The van der Waals surface area contributed by atoms with Crippen molar-refractivity contribution in [1.82, 2.24) is 0 Å². The smallest absolute Gasteiger partial charge is 0.228 e. The number of nitrogens with one attached hydrogen (secondary N) is 1. The van der Waals surface area contributed by atoms with Crippen molar-refractivity contribution < 1.29 is 19.1 Å². The highest BCUT2D eigenvalue weighted by molar-refractivity contribution is 6.03. The van der Waals surface area contributed by atoms with Gasteiger partial charge in [0.25, 0.3) is 0 Å². The predicted molar refractivity (Wildman–Crippen MR) is 63.7 cm³/mol. The molecule has 2 heterocycles. The number of ether oxygens (including phenoxy) is 2. The molecule has 1 unspecified atom stereocenters. The SMILES string of the molecule is O=C1Cc2cc(C(=O)C3COCCO3)ccc2N1. The van der Waals surface area contributed by atoms with Gasteiger partial charge in [-0.25, -0.2) is 0 Å². The molecule has 0 saturated carbocycles. The Morgan fingerprint density at radius 2 is 2.22 bits per heavy atom. The molecule has 0 radical (unpaired) electrons. The van der Waals surface area contributed by atoms with E-state index in [1.54, 1.807) is 18.2 Å². The van der Waals surface area contributed by atoms with Crippen molar-refractivity contribution in [3.63, 3.8) is 0 Å².